The fourth-order valence-electron chi connectivity index (χ4n) is 1.79. The van der Waals surface area contributed by atoms with Crippen molar-refractivity contribution in [2.45, 2.75) is 13.3 Å². The molecule has 0 saturated heterocycles. The lowest BCUT2D eigenvalue weighted by Crippen LogP contribution is -1.99. The van der Waals surface area contributed by atoms with Crippen LogP contribution in [0.5, 0.6) is 5.75 Å². The molecule has 0 aliphatic rings. The van der Waals surface area contributed by atoms with Gasteiger partial charge >= 0.3 is 0 Å². The highest BCUT2D eigenvalue weighted by atomic mass is 16.5. The van der Waals surface area contributed by atoms with E-state index in [2.05, 4.69) is 21.0 Å². The Labute approximate surface area is 107 Å². The fourth-order valence-corrected chi connectivity index (χ4v) is 1.79. The number of H-pyrrole nitrogens is 1. The number of hydrogen-bond donors (Lipinski definition) is 1. The van der Waals surface area contributed by atoms with Crippen molar-refractivity contribution in [1.29, 1.82) is 0 Å². The number of aromatic nitrogens is 2. The Morgan fingerprint density at radius 3 is 2.94 bits per heavy atom. The van der Waals surface area contributed by atoms with E-state index in [-0.39, 0.29) is 0 Å². The van der Waals surface area contributed by atoms with E-state index in [1.807, 2.05) is 31.3 Å². The first kappa shape index (κ1) is 12.4. The standard InChI is InChI=1S/C14H17N3O/c1-11(13-9-15-10-17-13)16-8-7-12-5-3-4-6-14(12)18-2/h3-6,9-10H,7-8H2,1-2H3,(H,15,17). The molecule has 4 nitrogen and oxygen atoms in total. The molecular weight excluding hydrogens is 226 g/mol. The first-order chi connectivity index (χ1) is 8.81. The summed E-state index contributed by atoms with van der Waals surface area (Å²) < 4.78 is 5.31. The van der Waals surface area contributed by atoms with E-state index in [0.717, 1.165) is 30.1 Å². The van der Waals surface area contributed by atoms with Crippen LogP contribution in [0.4, 0.5) is 0 Å². The van der Waals surface area contributed by atoms with E-state index >= 15 is 0 Å². The van der Waals surface area contributed by atoms with Gasteiger partial charge in [0.25, 0.3) is 0 Å². The van der Waals surface area contributed by atoms with Crippen LogP contribution in [0.3, 0.4) is 0 Å². The van der Waals surface area contributed by atoms with Crippen LogP contribution in [-0.2, 0) is 6.42 Å². The molecule has 0 unspecified atom stereocenters. The van der Waals surface area contributed by atoms with Crippen LogP contribution in [0.2, 0.25) is 0 Å². The molecular formula is C14H17N3O. The number of benzene rings is 1. The van der Waals surface area contributed by atoms with E-state index < -0.39 is 0 Å². The average molecular weight is 243 g/mol. The third-order valence-corrected chi connectivity index (χ3v) is 2.79. The Kier molecular flexibility index (Phi) is 4.12. The second-order valence-corrected chi connectivity index (χ2v) is 3.98. The molecule has 0 amide bonds. The average Bonchev–Trinajstić information content (AvgIpc) is 2.93. The van der Waals surface area contributed by atoms with Crippen LogP contribution in [0.1, 0.15) is 18.2 Å². The summed E-state index contributed by atoms with van der Waals surface area (Å²) in [7, 11) is 1.69. The summed E-state index contributed by atoms with van der Waals surface area (Å²) in [6.45, 7) is 2.71. The zero-order valence-electron chi connectivity index (χ0n) is 10.7. The van der Waals surface area contributed by atoms with Gasteiger partial charge in [0.15, 0.2) is 0 Å². The maximum absolute atomic E-state index is 5.31. The second-order valence-electron chi connectivity index (χ2n) is 3.98. The highest BCUT2D eigenvalue weighted by molar-refractivity contribution is 5.96. The molecule has 0 fully saturated rings. The summed E-state index contributed by atoms with van der Waals surface area (Å²) in [6, 6.07) is 8.03. The highest BCUT2D eigenvalue weighted by Crippen LogP contribution is 2.17. The van der Waals surface area contributed by atoms with Crippen molar-refractivity contribution in [2.75, 3.05) is 13.7 Å². The zero-order valence-corrected chi connectivity index (χ0v) is 10.7. The quantitative estimate of drug-likeness (QED) is 0.820. The first-order valence-corrected chi connectivity index (χ1v) is 5.93. The lowest BCUT2D eigenvalue weighted by atomic mass is 10.1. The summed E-state index contributed by atoms with van der Waals surface area (Å²) in [4.78, 5) is 11.6. The van der Waals surface area contributed by atoms with Gasteiger partial charge < -0.3 is 9.72 Å². The van der Waals surface area contributed by atoms with Crippen molar-refractivity contribution >= 4 is 5.71 Å². The number of aromatic amines is 1. The van der Waals surface area contributed by atoms with E-state index in [4.69, 9.17) is 4.74 Å². The Hall–Kier alpha value is -2.10. The number of ether oxygens (including phenoxy) is 1. The second kappa shape index (κ2) is 6.00. The number of nitrogens with zero attached hydrogens (tertiary/aromatic N) is 2. The summed E-state index contributed by atoms with van der Waals surface area (Å²) in [5.41, 5.74) is 3.03. The number of methoxy groups -OCH3 is 1. The van der Waals surface area contributed by atoms with E-state index in [9.17, 15) is 0 Å². The van der Waals surface area contributed by atoms with Crippen molar-refractivity contribution in [3.8, 4) is 5.75 Å². The minimum absolute atomic E-state index is 0.735. The van der Waals surface area contributed by atoms with Crippen LogP contribution in [0.15, 0.2) is 41.8 Å². The molecule has 2 rings (SSSR count). The Bertz CT molecular complexity index is 518. The van der Waals surface area contributed by atoms with Gasteiger partial charge in [0.05, 0.1) is 19.1 Å². The van der Waals surface area contributed by atoms with E-state index in [1.54, 1.807) is 13.4 Å². The monoisotopic (exact) mass is 243 g/mol. The summed E-state index contributed by atoms with van der Waals surface area (Å²) >= 11 is 0. The van der Waals surface area contributed by atoms with E-state index in [1.165, 1.54) is 5.56 Å². The predicted molar refractivity (Wildman–Crippen MR) is 72.4 cm³/mol. The smallest absolute Gasteiger partial charge is 0.122 e. The highest BCUT2D eigenvalue weighted by Gasteiger charge is 2.02. The van der Waals surface area contributed by atoms with Gasteiger partial charge in [0.1, 0.15) is 11.4 Å². The number of aliphatic imine (C=N–C) groups is 1. The van der Waals surface area contributed by atoms with Gasteiger partial charge in [-0.25, -0.2) is 4.98 Å². The molecule has 1 aromatic heterocycles. The van der Waals surface area contributed by atoms with Gasteiger partial charge in [-0.2, -0.15) is 0 Å². The summed E-state index contributed by atoms with van der Waals surface area (Å²) in [5, 5.41) is 0. The van der Waals surface area contributed by atoms with Gasteiger partial charge in [0.2, 0.25) is 0 Å². The van der Waals surface area contributed by atoms with E-state index in [0.29, 0.717) is 0 Å². The molecule has 0 atom stereocenters. The van der Waals surface area contributed by atoms with Crippen LogP contribution in [-0.4, -0.2) is 29.3 Å². The molecule has 2 aromatic rings. The third-order valence-electron chi connectivity index (χ3n) is 2.79. The Morgan fingerprint density at radius 1 is 1.39 bits per heavy atom. The molecule has 94 valence electrons. The van der Waals surface area contributed by atoms with Gasteiger partial charge in [-0.3, -0.25) is 4.99 Å². The van der Waals surface area contributed by atoms with Crippen LogP contribution < -0.4 is 4.74 Å². The minimum Gasteiger partial charge on any atom is -0.496 e. The molecule has 0 aliphatic heterocycles. The van der Waals surface area contributed by atoms with Crippen molar-refractivity contribution in [1.82, 2.24) is 9.97 Å². The van der Waals surface area contributed by atoms with Gasteiger partial charge in [-0.05, 0) is 25.0 Å². The first-order valence-electron chi connectivity index (χ1n) is 5.93. The Morgan fingerprint density at radius 2 is 2.22 bits per heavy atom. The number of rotatable bonds is 5. The van der Waals surface area contributed by atoms with Crippen LogP contribution >= 0.6 is 0 Å². The molecule has 0 radical (unpaired) electrons. The predicted octanol–water partition coefficient (Wildman–Crippen LogP) is 2.47. The summed E-state index contributed by atoms with van der Waals surface area (Å²) in [6.07, 6.45) is 4.38. The van der Waals surface area contributed by atoms with Gasteiger partial charge in [-0.15, -0.1) is 0 Å². The molecule has 0 aliphatic carbocycles. The maximum Gasteiger partial charge on any atom is 0.122 e. The fraction of sp³-hybridized carbons (Fsp3) is 0.286. The lowest BCUT2D eigenvalue weighted by Gasteiger charge is -2.06. The number of hydrogen-bond acceptors (Lipinski definition) is 3. The number of imidazole rings is 1. The molecule has 18 heavy (non-hydrogen) atoms. The molecule has 0 bridgehead atoms. The largest absolute Gasteiger partial charge is 0.496 e. The molecule has 0 saturated carbocycles. The molecule has 1 N–H and O–H groups in total. The third kappa shape index (κ3) is 2.97. The molecule has 1 heterocycles. The minimum atomic E-state index is 0.735. The molecule has 1 aromatic carbocycles. The zero-order chi connectivity index (χ0) is 12.8. The SMILES string of the molecule is COc1ccccc1CCN=C(C)c1c[nH]cn1. The van der Waals surface area contributed by atoms with Gasteiger partial charge in [-0.1, -0.05) is 18.2 Å². The normalized spacial score (nSPS) is 11.6. The molecule has 0 spiro atoms. The number of para-hydroxylation sites is 1. The van der Waals surface area contributed by atoms with Crippen molar-refractivity contribution in [3.63, 3.8) is 0 Å². The van der Waals surface area contributed by atoms with Crippen molar-refractivity contribution in [2.24, 2.45) is 4.99 Å². The van der Waals surface area contributed by atoms with Gasteiger partial charge in [0, 0.05) is 12.7 Å². The maximum atomic E-state index is 5.31. The number of nitrogens with one attached hydrogen (secondary N) is 1. The Balaban J connectivity index is 1.98. The van der Waals surface area contributed by atoms with Crippen molar-refractivity contribution < 1.29 is 4.74 Å². The lowest BCUT2D eigenvalue weighted by molar-refractivity contribution is 0.410. The summed E-state index contributed by atoms with van der Waals surface area (Å²) in [5.74, 6) is 0.921. The topological polar surface area (TPSA) is 50.3 Å². The molecule has 4 heteroatoms. The van der Waals surface area contributed by atoms with Crippen LogP contribution in [0, 0.1) is 0 Å². The van der Waals surface area contributed by atoms with Crippen LogP contribution in [0.25, 0.3) is 0 Å². The van der Waals surface area contributed by atoms with Crippen molar-refractivity contribution in [3.05, 3.63) is 48.0 Å².